The smallest absolute Gasteiger partial charge is 0.260 e. The summed E-state index contributed by atoms with van der Waals surface area (Å²) >= 11 is 1.67. The fraction of sp³-hybridized carbons (Fsp3) is 0.500. The summed E-state index contributed by atoms with van der Waals surface area (Å²) in [6.07, 6.45) is 3.36. The van der Waals surface area contributed by atoms with Crippen molar-refractivity contribution >= 4 is 30.1 Å². The maximum absolute atomic E-state index is 11.8. The highest BCUT2D eigenvalue weighted by molar-refractivity contribution is 7.98. The Bertz CT molecular complexity index is 387. The normalized spacial score (nSPS) is 11.3. The predicted octanol–water partition coefficient (Wildman–Crippen LogP) is 2.45. The van der Waals surface area contributed by atoms with Crippen molar-refractivity contribution in [2.24, 2.45) is 5.73 Å². The molecule has 4 nitrogen and oxygen atoms in total. The van der Waals surface area contributed by atoms with Gasteiger partial charge in [-0.2, -0.15) is 0 Å². The van der Waals surface area contributed by atoms with Gasteiger partial charge < -0.3 is 15.8 Å². The minimum atomic E-state index is -0.488. The lowest BCUT2D eigenvalue weighted by Crippen LogP contribution is -2.36. The third kappa shape index (κ3) is 7.03. The van der Waals surface area contributed by atoms with E-state index >= 15 is 0 Å². The van der Waals surface area contributed by atoms with Crippen LogP contribution in [0, 0.1) is 0 Å². The van der Waals surface area contributed by atoms with Gasteiger partial charge in [0.25, 0.3) is 5.91 Å². The fourth-order valence-corrected chi connectivity index (χ4v) is 1.94. The van der Waals surface area contributed by atoms with Gasteiger partial charge in [-0.1, -0.05) is 0 Å². The first-order valence-corrected chi connectivity index (χ1v) is 7.68. The second-order valence-electron chi connectivity index (χ2n) is 4.22. The van der Waals surface area contributed by atoms with E-state index in [9.17, 15) is 4.79 Å². The zero-order valence-corrected chi connectivity index (χ0v) is 13.6. The van der Waals surface area contributed by atoms with Crippen molar-refractivity contribution in [1.82, 2.24) is 5.32 Å². The molecule has 1 rings (SSSR count). The highest BCUT2D eigenvalue weighted by Gasteiger charge is 2.13. The molecule has 0 bridgehead atoms. The first-order valence-electron chi connectivity index (χ1n) is 6.46. The van der Waals surface area contributed by atoms with E-state index in [-0.39, 0.29) is 18.3 Å². The van der Waals surface area contributed by atoms with Crippen molar-refractivity contribution in [2.45, 2.75) is 30.8 Å². The molecule has 0 aliphatic carbocycles. The molecule has 0 aliphatic rings. The predicted molar refractivity (Wildman–Crippen MR) is 86.9 cm³/mol. The molecule has 0 aliphatic heterocycles. The minimum Gasteiger partial charge on any atom is -0.481 e. The number of ether oxygens (including phenoxy) is 1. The van der Waals surface area contributed by atoms with Crippen molar-refractivity contribution in [2.75, 3.05) is 19.3 Å². The van der Waals surface area contributed by atoms with Gasteiger partial charge in [0.05, 0.1) is 0 Å². The van der Waals surface area contributed by atoms with Gasteiger partial charge in [-0.3, -0.25) is 4.79 Å². The van der Waals surface area contributed by atoms with Gasteiger partial charge in [0.15, 0.2) is 6.10 Å². The van der Waals surface area contributed by atoms with Crippen LogP contribution in [0.5, 0.6) is 5.75 Å². The highest BCUT2D eigenvalue weighted by atomic mass is 35.5. The maximum atomic E-state index is 11.8. The Labute approximate surface area is 131 Å². The number of hydrogen-bond donors (Lipinski definition) is 2. The minimum absolute atomic E-state index is 0. The Balaban J connectivity index is 0.00000361. The number of nitrogens with two attached hydrogens (primary N) is 1. The van der Waals surface area contributed by atoms with Crippen LogP contribution >= 0.6 is 24.2 Å². The average molecular weight is 319 g/mol. The molecule has 3 N–H and O–H groups in total. The van der Waals surface area contributed by atoms with E-state index in [1.807, 2.05) is 30.5 Å². The lowest BCUT2D eigenvalue weighted by molar-refractivity contribution is -0.127. The van der Waals surface area contributed by atoms with Crippen LogP contribution in [0.1, 0.15) is 19.8 Å². The average Bonchev–Trinajstić information content (AvgIpc) is 2.44. The largest absolute Gasteiger partial charge is 0.481 e. The van der Waals surface area contributed by atoms with E-state index in [0.717, 1.165) is 12.8 Å². The number of thioether (sulfide) groups is 1. The van der Waals surface area contributed by atoms with Gasteiger partial charge in [-0.15, -0.1) is 24.2 Å². The Hall–Kier alpha value is -0.910. The molecule has 0 radical (unpaired) electrons. The standard InChI is InChI=1S/C14H22N2O2S.ClH/c1-11(14(17)16-10-4-3-9-15)18-12-5-7-13(19-2)8-6-12;/h5-8,11H,3-4,9-10,15H2,1-2H3,(H,16,17);1H. The molecule has 1 unspecified atom stereocenters. The molecular formula is C14H23ClN2O2S. The third-order valence-corrected chi connectivity index (χ3v) is 3.42. The van der Waals surface area contributed by atoms with Crippen molar-refractivity contribution in [3.8, 4) is 5.75 Å². The molecule has 0 fully saturated rings. The van der Waals surface area contributed by atoms with E-state index in [0.29, 0.717) is 18.8 Å². The Morgan fingerprint density at radius 1 is 1.35 bits per heavy atom. The molecule has 0 saturated heterocycles. The molecule has 0 spiro atoms. The summed E-state index contributed by atoms with van der Waals surface area (Å²) in [5.74, 6) is 0.619. The molecule has 1 aromatic carbocycles. The van der Waals surface area contributed by atoms with Crippen LogP contribution < -0.4 is 15.8 Å². The molecule has 6 heteroatoms. The second-order valence-corrected chi connectivity index (χ2v) is 5.10. The molecule has 0 saturated carbocycles. The molecule has 0 heterocycles. The molecule has 20 heavy (non-hydrogen) atoms. The van der Waals surface area contributed by atoms with Gasteiger partial charge >= 0.3 is 0 Å². The number of benzene rings is 1. The molecule has 1 aromatic rings. The van der Waals surface area contributed by atoms with Crippen LogP contribution in [0.25, 0.3) is 0 Å². The van der Waals surface area contributed by atoms with Gasteiger partial charge in [-0.25, -0.2) is 0 Å². The second kappa shape index (κ2) is 10.8. The van der Waals surface area contributed by atoms with Gasteiger partial charge in [0.1, 0.15) is 5.75 Å². The van der Waals surface area contributed by atoms with Crippen LogP contribution in [0.3, 0.4) is 0 Å². The maximum Gasteiger partial charge on any atom is 0.260 e. The first-order chi connectivity index (χ1) is 9.17. The summed E-state index contributed by atoms with van der Waals surface area (Å²) in [4.78, 5) is 12.9. The Morgan fingerprint density at radius 2 is 2.00 bits per heavy atom. The van der Waals surface area contributed by atoms with E-state index in [1.165, 1.54) is 4.90 Å². The van der Waals surface area contributed by atoms with Crippen molar-refractivity contribution in [1.29, 1.82) is 0 Å². The van der Waals surface area contributed by atoms with E-state index in [1.54, 1.807) is 18.7 Å². The summed E-state index contributed by atoms with van der Waals surface area (Å²) in [5.41, 5.74) is 5.39. The van der Waals surface area contributed by atoms with E-state index in [2.05, 4.69) is 5.32 Å². The number of halogens is 1. The number of hydrogen-bond acceptors (Lipinski definition) is 4. The van der Waals surface area contributed by atoms with Gasteiger partial charge in [-0.05, 0) is 56.8 Å². The van der Waals surface area contributed by atoms with Gasteiger partial charge in [0.2, 0.25) is 0 Å². The Morgan fingerprint density at radius 3 is 2.55 bits per heavy atom. The number of carbonyl (C=O) groups is 1. The molecule has 1 amide bonds. The van der Waals surface area contributed by atoms with Crippen molar-refractivity contribution < 1.29 is 9.53 Å². The van der Waals surface area contributed by atoms with E-state index in [4.69, 9.17) is 10.5 Å². The summed E-state index contributed by atoms with van der Waals surface area (Å²) in [6.45, 7) is 3.06. The van der Waals surface area contributed by atoms with Gasteiger partial charge in [0, 0.05) is 11.4 Å². The zero-order chi connectivity index (χ0) is 14.1. The molecule has 114 valence electrons. The summed E-state index contributed by atoms with van der Waals surface area (Å²) < 4.78 is 5.59. The van der Waals surface area contributed by atoms with Crippen LogP contribution in [-0.4, -0.2) is 31.4 Å². The van der Waals surface area contributed by atoms with Crippen molar-refractivity contribution in [3.05, 3.63) is 24.3 Å². The Kier molecular flexibility index (Phi) is 10.3. The SMILES string of the molecule is CSc1ccc(OC(C)C(=O)NCCCCN)cc1.Cl. The first kappa shape index (κ1) is 19.1. The number of unbranched alkanes of at least 4 members (excludes halogenated alkanes) is 1. The lowest BCUT2D eigenvalue weighted by atomic mass is 10.3. The summed E-state index contributed by atoms with van der Waals surface area (Å²) in [7, 11) is 0. The summed E-state index contributed by atoms with van der Waals surface area (Å²) in [5, 5.41) is 2.84. The summed E-state index contributed by atoms with van der Waals surface area (Å²) in [6, 6.07) is 7.71. The number of amides is 1. The lowest BCUT2D eigenvalue weighted by Gasteiger charge is -2.14. The van der Waals surface area contributed by atoms with Crippen LogP contribution in [0.15, 0.2) is 29.2 Å². The number of carbonyl (C=O) groups excluding carboxylic acids is 1. The monoisotopic (exact) mass is 318 g/mol. The number of rotatable bonds is 8. The van der Waals surface area contributed by atoms with Crippen molar-refractivity contribution in [3.63, 3.8) is 0 Å². The fourth-order valence-electron chi connectivity index (χ4n) is 1.54. The molecule has 1 atom stereocenters. The highest BCUT2D eigenvalue weighted by Crippen LogP contribution is 2.19. The van der Waals surface area contributed by atoms with Crippen LogP contribution in [-0.2, 0) is 4.79 Å². The van der Waals surface area contributed by atoms with Crippen LogP contribution in [0.4, 0.5) is 0 Å². The number of nitrogens with one attached hydrogen (secondary N) is 1. The molecule has 0 aromatic heterocycles. The van der Waals surface area contributed by atoms with E-state index < -0.39 is 6.10 Å². The molecular weight excluding hydrogens is 296 g/mol. The quantitative estimate of drug-likeness (QED) is 0.571. The van der Waals surface area contributed by atoms with Crippen LogP contribution in [0.2, 0.25) is 0 Å². The topological polar surface area (TPSA) is 64.3 Å². The zero-order valence-electron chi connectivity index (χ0n) is 11.9. The third-order valence-electron chi connectivity index (χ3n) is 2.67.